The van der Waals surface area contributed by atoms with Gasteiger partial charge in [-0.2, -0.15) is 0 Å². The monoisotopic (exact) mass is 524 g/mol. The average Bonchev–Trinajstić information content (AvgIpc) is 2.89. The van der Waals surface area contributed by atoms with E-state index in [1.165, 1.54) is 22.6 Å². The summed E-state index contributed by atoms with van der Waals surface area (Å²) in [5, 5.41) is 3.36. The number of fused-ring (bicyclic) bond motifs is 1. The number of hydrogen-bond donors (Lipinski definition) is 3. The third-order valence-electron chi connectivity index (χ3n) is 5.97. The van der Waals surface area contributed by atoms with Gasteiger partial charge in [-0.25, -0.2) is 26.1 Å². The lowest BCUT2D eigenvalue weighted by Gasteiger charge is -2.28. The van der Waals surface area contributed by atoms with Gasteiger partial charge < -0.3 is 5.32 Å². The number of hydrogen-bond acceptors (Lipinski definition) is 8. The van der Waals surface area contributed by atoms with Crippen molar-refractivity contribution in [2.24, 2.45) is 0 Å². The Bertz CT molecular complexity index is 1560. The Kier molecular flexibility index (Phi) is 6.81. The van der Waals surface area contributed by atoms with Gasteiger partial charge in [0.15, 0.2) is 0 Å². The number of thiol groups is 1. The van der Waals surface area contributed by atoms with Crippen LogP contribution in [0, 0.1) is 0 Å². The van der Waals surface area contributed by atoms with Gasteiger partial charge in [-0.05, 0) is 48.7 Å². The van der Waals surface area contributed by atoms with E-state index in [-0.39, 0.29) is 10.9 Å². The Morgan fingerprint density at radius 2 is 1.67 bits per heavy atom. The van der Waals surface area contributed by atoms with E-state index < -0.39 is 20.9 Å². The van der Waals surface area contributed by atoms with Crippen LogP contribution in [0.1, 0.15) is 12.8 Å². The molecule has 2 aromatic heterocycles. The molecule has 0 aliphatic carbocycles. The maximum atomic E-state index is 12.7. The second kappa shape index (κ2) is 10.2. The van der Waals surface area contributed by atoms with Crippen molar-refractivity contribution in [2.75, 3.05) is 23.1 Å². The predicted octanol–water partition coefficient (Wildman–Crippen LogP) is 2.90. The molecule has 0 spiro atoms. The van der Waals surface area contributed by atoms with Crippen LogP contribution in [0.15, 0.2) is 78.1 Å². The Morgan fingerprint density at radius 1 is 0.889 bits per heavy atom. The molecule has 0 unspecified atom stereocenters. The van der Waals surface area contributed by atoms with Gasteiger partial charge in [0.05, 0.1) is 34.0 Å². The molecule has 0 bridgehead atoms. The standard InChI is InChI=1S/C24H24N6O4S2/c31-35(32)30-10-8-19(9-11-30)27-24-16-26-22-7-6-17(13-23(22)28-24)18-12-20(15-25-14-18)29-36(33,34)21-4-2-1-3-5-21/h1-7,12-16,19,29,35H,8-11H2,(H,27,28). The molecule has 186 valence electrons. The molecule has 0 saturated carbocycles. The van der Waals surface area contributed by atoms with E-state index in [9.17, 15) is 16.8 Å². The molecule has 4 aromatic rings. The fraction of sp³-hybridized carbons (Fsp3) is 0.208. The summed E-state index contributed by atoms with van der Waals surface area (Å²) >= 11 is 0. The summed E-state index contributed by atoms with van der Waals surface area (Å²) in [5.74, 6) is 0.618. The number of nitrogens with one attached hydrogen (secondary N) is 2. The second-order valence-corrected chi connectivity index (χ2v) is 11.2. The third-order valence-corrected chi connectivity index (χ3v) is 8.23. The Labute approximate surface area is 210 Å². The number of aromatic nitrogens is 3. The molecule has 36 heavy (non-hydrogen) atoms. The number of anilines is 2. The number of nitrogens with zero attached hydrogens (tertiary/aromatic N) is 4. The first-order valence-corrected chi connectivity index (χ1v) is 13.9. The van der Waals surface area contributed by atoms with Crippen molar-refractivity contribution in [1.29, 1.82) is 0 Å². The van der Waals surface area contributed by atoms with E-state index in [4.69, 9.17) is 4.98 Å². The van der Waals surface area contributed by atoms with Crippen LogP contribution in [0.4, 0.5) is 11.5 Å². The third kappa shape index (κ3) is 5.45. The fourth-order valence-electron chi connectivity index (χ4n) is 4.11. The van der Waals surface area contributed by atoms with Crippen LogP contribution in [0.25, 0.3) is 22.2 Å². The van der Waals surface area contributed by atoms with Crippen molar-refractivity contribution in [3.8, 4) is 11.1 Å². The van der Waals surface area contributed by atoms with Gasteiger partial charge in [0.25, 0.3) is 10.0 Å². The van der Waals surface area contributed by atoms with E-state index in [0.29, 0.717) is 43.0 Å². The van der Waals surface area contributed by atoms with Crippen molar-refractivity contribution in [3.63, 3.8) is 0 Å². The first kappa shape index (κ1) is 24.1. The predicted molar refractivity (Wildman–Crippen MR) is 139 cm³/mol. The van der Waals surface area contributed by atoms with Crippen LogP contribution < -0.4 is 10.0 Å². The van der Waals surface area contributed by atoms with E-state index >= 15 is 0 Å². The first-order chi connectivity index (χ1) is 17.4. The SMILES string of the molecule is O=[SH](=O)N1CCC(Nc2cnc3ccc(-c4cncc(NS(=O)(=O)c5ccccc5)c4)cc3n2)CC1. The zero-order valence-corrected chi connectivity index (χ0v) is 20.8. The summed E-state index contributed by atoms with van der Waals surface area (Å²) in [6.07, 6.45) is 6.18. The summed E-state index contributed by atoms with van der Waals surface area (Å²) in [5.41, 5.74) is 3.28. The molecule has 10 nitrogen and oxygen atoms in total. The van der Waals surface area contributed by atoms with Gasteiger partial charge in [-0.1, -0.05) is 24.3 Å². The van der Waals surface area contributed by atoms with Crippen LogP contribution in [-0.2, 0) is 20.9 Å². The lowest BCUT2D eigenvalue weighted by Crippen LogP contribution is -2.38. The Hall–Kier alpha value is -3.61. The number of sulfonamides is 1. The molecule has 1 fully saturated rings. The molecule has 2 N–H and O–H groups in total. The minimum absolute atomic E-state index is 0.115. The summed E-state index contributed by atoms with van der Waals surface area (Å²) in [7, 11) is -6.27. The van der Waals surface area contributed by atoms with E-state index in [1.807, 2.05) is 18.2 Å². The normalized spacial score (nSPS) is 15.2. The molecule has 0 atom stereocenters. The first-order valence-electron chi connectivity index (χ1n) is 11.3. The summed E-state index contributed by atoms with van der Waals surface area (Å²) in [6.45, 7) is 0.970. The molecule has 1 aliphatic rings. The van der Waals surface area contributed by atoms with Crippen LogP contribution >= 0.6 is 0 Å². The van der Waals surface area contributed by atoms with Gasteiger partial charge in [0, 0.05) is 30.9 Å². The number of pyridine rings is 1. The Morgan fingerprint density at radius 3 is 2.42 bits per heavy atom. The van der Waals surface area contributed by atoms with E-state index in [2.05, 4.69) is 20.0 Å². The van der Waals surface area contributed by atoms with Crippen LogP contribution in [-0.4, -0.2) is 55.2 Å². The van der Waals surface area contributed by atoms with Gasteiger partial charge in [-0.15, -0.1) is 0 Å². The van der Waals surface area contributed by atoms with Crippen molar-refractivity contribution in [1.82, 2.24) is 19.3 Å². The Balaban J connectivity index is 1.35. The highest BCUT2D eigenvalue weighted by molar-refractivity contribution is 7.92. The number of piperidine rings is 1. The molecular weight excluding hydrogens is 500 g/mol. The molecule has 12 heteroatoms. The number of rotatable bonds is 7. The molecule has 3 heterocycles. The molecular formula is C24H24N6O4S2. The lowest BCUT2D eigenvalue weighted by molar-refractivity contribution is 0.338. The molecule has 2 aromatic carbocycles. The minimum atomic E-state index is -3.73. The number of benzene rings is 2. The van der Waals surface area contributed by atoms with Gasteiger partial charge in [0.1, 0.15) is 5.82 Å². The van der Waals surface area contributed by atoms with Crippen LogP contribution in [0.2, 0.25) is 0 Å². The minimum Gasteiger partial charge on any atom is -0.366 e. The van der Waals surface area contributed by atoms with Crippen LogP contribution in [0.3, 0.4) is 0 Å². The molecule has 1 saturated heterocycles. The van der Waals surface area contributed by atoms with Gasteiger partial charge in [-0.3, -0.25) is 14.7 Å². The van der Waals surface area contributed by atoms with Crippen molar-refractivity contribution in [2.45, 2.75) is 23.8 Å². The average molecular weight is 525 g/mol. The molecule has 5 rings (SSSR count). The highest BCUT2D eigenvalue weighted by Crippen LogP contribution is 2.26. The smallest absolute Gasteiger partial charge is 0.261 e. The molecule has 1 aliphatic heterocycles. The summed E-state index contributed by atoms with van der Waals surface area (Å²) < 4.78 is 51.7. The maximum Gasteiger partial charge on any atom is 0.261 e. The lowest BCUT2D eigenvalue weighted by atomic mass is 10.1. The maximum absolute atomic E-state index is 12.7. The van der Waals surface area contributed by atoms with E-state index in [0.717, 1.165) is 16.6 Å². The summed E-state index contributed by atoms with van der Waals surface area (Å²) in [4.78, 5) is 13.6. The fourth-order valence-corrected chi connectivity index (χ4v) is 5.72. The second-order valence-electron chi connectivity index (χ2n) is 8.45. The molecule has 0 amide bonds. The highest BCUT2D eigenvalue weighted by Gasteiger charge is 2.21. The molecule has 0 radical (unpaired) electrons. The van der Waals surface area contributed by atoms with Gasteiger partial charge >= 0.3 is 0 Å². The largest absolute Gasteiger partial charge is 0.366 e. The van der Waals surface area contributed by atoms with Crippen molar-refractivity contribution >= 4 is 43.5 Å². The van der Waals surface area contributed by atoms with Crippen LogP contribution in [0.5, 0.6) is 0 Å². The van der Waals surface area contributed by atoms with Crippen molar-refractivity contribution in [3.05, 3.63) is 73.2 Å². The van der Waals surface area contributed by atoms with Crippen molar-refractivity contribution < 1.29 is 16.8 Å². The van der Waals surface area contributed by atoms with E-state index in [1.54, 1.807) is 36.7 Å². The van der Waals surface area contributed by atoms with Gasteiger partial charge in [0.2, 0.25) is 10.9 Å². The quantitative estimate of drug-likeness (QED) is 0.314. The summed E-state index contributed by atoms with van der Waals surface area (Å²) in [6, 6.07) is 15.6. The highest BCUT2D eigenvalue weighted by atomic mass is 32.2. The zero-order chi connectivity index (χ0) is 25.1. The topological polar surface area (TPSA) is 134 Å². The zero-order valence-electron chi connectivity index (χ0n) is 19.1.